The Kier molecular flexibility index (Phi) is 8.18. The molecule has 2 aliphatic rings. The lowest BCUT2D eigenvalue weighted by atomic mass is 10.1. The lowest BCUT2D eigenvalue weighted by molar-refractivity contribution is -0.127. The highest BCUT2D eigenvalue weighted by atomic mass is 32.2. The average Bonchev–Trinajstić information content (AvgIpc) is 3.05. The van der Waals surface area contributed by atoms with E-state index in [0.29, 0.717) is 6.04 Å². The number of likely N-dealkylation sites (N-methyl/N-ethyl adjacent to an activating group) is 1. The van der Waals surface area contributed by atoms with Crippen LogP contribution in [0.3, 0.4) is 0 Å². The molecule has 3 unspecified atom stereocenters. The lowest BCUT2D eigenvalue weighted by Gasteiger charge is -2.25. The fraction of sp³-hybridized carbons (Fsp3) is 0.882. The molecule has 24 heavy (non-hydrogen) atoms. The first-order chi connectivity index (χ1) is 11.6. The van der Waals surface area contributed by atoms with Gasteiger partial charge in [0.25, 0.3) is 0 Å². The molecule has 2 rings (SSSR count). The van der Waals surface area contributed by atoms with E-state index in [0.717, 1.165) is 50.0 Å². The number of aliphatic imine (C=N–C) groups is 1. The summed E-state index contributed by atoms with van der Waals surface area (Å²) in [4.78, 5) is 17.9. The molecule has 1 aliphatic carbocycles. The molecule has 6 nitrogen and oxygen atoms in total. The van der Waals surface area contributed by atoms with Gasteiger partial charge in [-0.1, -0.05) is 0 Å². The second-order valence-corrected chi connectivity index (χ2v) is 7.97. The van der Waals surface area contributed by atoms with E-state index in [4.69, 9.17) is 4.74 Å². The quantitative estimate of drug-likeness (QED) is 0.557. The number of hydrogen-bond acceptors (Lipinski definition) is 4. The molecule has 0 bridgehead atoms. The molecule has 0 radical (unpaired) electrons. The molecule has 0 aromatic rings. The van der Waals surface area contributed by atoms with Gasteiger partial charge in [-0.05, 0) is 44.8 Å². The molecule has 2 fully saturated rings. The van der Waals surface area contributed by atoms with Crippen molar-refractivity contribution < 1.29 is 9.53 Å². The molecule has 1 saturated carbocycles. The summed E-state index contributed by atoms with van der Waals surface area (Å²) in [5.74, 6) is 0.754. The monoisotopic (exact) mass is 356 g/mol. The van der Waals surface area contributed by atoms with Gasteiger partial charge in [-0.15, -0.1) is 0 Å². The third kappa shape index (κ3) is 6.51. The zero-order valence-corrected chi connectivity index (χ0v) is 16.0. The van der Waals surface area contributed by atoms with Crippen molar-refractivity contribution >= 4 is 23.6 Å². The summed E-state index contributed by atoms with van der Waals surface area (Å²) in [6.45, 7) is 1.77. The van der Waals surface area contributed by atoms with E-state index in [9.17, 15) is 4.79 Å². The zero-order valence-electron chi connectivity index (χ0n) is 15.2. The minimum Gasteiger partial charge on any atom is -0.376 e. The Morgan fingerprint density at radius 1 is 1.29 bits per heavy atom. The van der Waals surface area contributed by atoms with Gasteiger partial charge in [0.1, 0.15) is 6.54 Å². The zero-order chi connectivity index (χ0) is 17.4. The van der Waals surface area contributed by atoms with E-state index < -0.39 is 0 Å². The Hall–Kier alpha value is -0.950. The molecular weight excluding hydrogens is 324 g/mol. The van der Waals surface area contributed by atoms with Crippen molar-refractivity contribution in [2.45, 2.75) is 55.9 Å². The largest absolute Gasteiger partial charge is 0.376 e. The molecule has 1 aliphatic heterocycles. The summed E-state index contributed by atoms with van der Waals surface area (Å²) in [7, 11) is 3.52. The van der Waals surface area contributed by atoms with Gasteiger partial charge < -0.3 is 20.3 Å². The Morgan fingerprint density at radius 3 is 2.75 bits per heavy atom. The van der Waals surface area contributed by atoms with Gasteiger partial charge in [0.2, 0.25) is 5.91 Å². The first-order valence-corrected chi connectivity index (χ1v) is 10.3. The lowest BCUT2D eigenvalue weighted by Crippen LogP contribution is -2.46. The highest BCUT2D eigenvalue weighted by Gasteiger charge is 2.25. The number of nitrogens with zero attached hydrogens (tertiary/aromatic N) is 2. The predicted octanol–water partition coefficient (Wildman–Crippen LogP) is 1.46. The highest BCUT2D eigenvalue weighted by molar-refractivity contribution is 7.99. The van der Waals surface area contributed by atoms with Crippen molar-refractivity contribution in [3.8, 4) is 0 Å². The molecule has 0 aromatic carbocycles. The molecule has 7 heteroatoms. The summed E-state index contributed by atoms with van der Waals surface area (Å²) in [5.41, 5.74) is 0. The minimum atomic E-state index is 0.0124. The van der Waals surface area contributed by atoms with E-state index in [1.165, 1.54) is 12.8 Å². The van der Waals surface area contributed by atoms with Crippen LogP contribution in [0, 0.1) is 0 Å². The number of ether oxygens (including phenoxy) is 1. The van der Waals surface area contributed by atoms with Crippen molar-refractivity contribution in [2.75, 3.05) is 40.0 Å². The summed E-state index contributed by atoms with van der Waals surface area (Å²) >= 11 is 1.94. The molecule has 2 N–H and O–H groups in total. The van der Waals surface area contributed by atoms with Crippen molar-refractivity contribution in [1.29, 1.82) is 0 Å². The van der Waals surface area contributed by atoms with Gasteiger partial charge in [0.05, 0.1) is 6.10 Å². The summed E-state index contributed by atoms with van der Waals surface area (Å²) in [5, 5.41) is 7.62. The number of rotatable bonds is 6. The summed E-state index contributed by atoms with van der Waals surface area (Å²) < 4.78 is 5.77. The topological polar surface area (TPSA) is 66.0 Å². The molecule has 0 aromatic heterocycles. The van der Waals surface area contributed by atoms with E-state index in [1.54, 1.807) is 19.0 Å². The third-order valence-corrected chi connectivity index (χ3v) is 5.80. The number of guanidine groups is 1. The van der Waals surface area contributed by atoms with E-state index in [-0.39, 0.29) is 18.6 Å². The van der Waals surface area contributed by atoms with Gasteiger partial charge in [0, 0.05) is 38.5 Å². The first-order valence-electron chi connectivity index (χ1n) is 8.98. The summed E-state index contributed by atoms with van der Waals surface area (Å²) in [6, 6.07) is 0.440. The van der Waals surface area contributed by atoms with Crippen LogP contribution in [0.4, 0.5) is 0 Å². The average molecular weight is 357 g/mol. The summed E-state index contributed by atoms with van der Waals surface area (Å²) in [6.07, 6.45) is 9.46. The molecule has 138 valence electrons. The van der Waals surface area contributed by atoms with Crippen LogP contribution < -0.4 is 10.6 Å². The predicted molar refractivity (Wildman–Crippen MR) is 101 cm³/mol. The van der Waals surface area contributed by atoms with Crippen LogP contribution in [0.5, 0.6) is 0 Å². The maximum Gasteiger partial charge on any atom is 0.243 e. The fourth-order valence-corrected chi connectivity index (χ4v) is 3.89. The van der Waals surface area contributed by atoms with Crippen molar-refractivity contribution in [2.24, 2.45) is 4.99 Å². The van der Waals surface area contributed by atoms with Crippen molar-refractivity contribution in [3.63, 3.8) is 0 Å². The normalized spacial score (nSPS) is 27.8. The van der Waals surface area contributed by atoms with E-state index in [2.05, 4.69) is 21.9 Å². The van der Waals surface area contributed by atoms with Crippen LogP contribution in [0.1, 0.15) is 38.5 Å². The maximum absolute atomic E-state index is 11.8. The van der Waals surface area contributed by atoms with Gasteiger partial charge in [-0.3, -0.25) is 4.79 Å². The van der Waals surface area contributed by atoms with Gasteiger partial charge in [0.15, 0.2) is 5.96 Å². The van der Waals surface area contributed by atoms with Crippen molar-refractivity contribution in [1.82, 2.24) is 15.5 Å². The van der Waals surface area contributed by atoms with Crippen LogP contribution in [0.25, 0.3) is 0 Å². The molecule has 1 saturated heterocycles. The Balaban J connectivity index is 1.87. The van der Waals surface area contributed by atoms with E-state index >= 15 is 0 Å². The molecule has 1 heterocycles. The van der Waals surface area contributed by atoms with Gasteiger partial charge in [-0.25, -0.2) is 4.99 Å². The Labute approximate surface area is 150 Å². The molecule has 3 atom stereocenters. The molecular formula is C17H32N4O2S. The number of carbonyl (C=O) groups excluding carboxylic acids is 1. The third-order valence-electron chi connectivity index (χ3n) is 4.70. The smallest absolute Gasteiger partial charge is 0.243 e. The second kappa shape index (κ2) is 10.1. The van der Waals surface area contributed by atoms with Gasteiger partial charge >= 0.3 is 0 Å². The minimum absolute atomic E-state index is 0.0124. The van der Waals surface area contributed by atoms with E-state index in [1.807, 2.05) is 11.8 Å². The number of amides is 1. The first kappa shape index (κ1) is 19.4. The number of thioether (sulfide) groups is 1. The highest BCUT2D eigenvalue weighted by Crippen LogP contribution is 2.28. The standard InChI is InChI=1S/C17H32N4O2S/c1-21(2)16(22)12-19-17(18-11-14-6-4-5-9-23-14)20-13-7-8-15(10-13)24-3/h13-15H,4-12H2,1-3H3,(H2,18,19,20). The Morgan fingerprint density at radius 2 is 2.12 bits per heavy atom. The molecule has 1 amide bonds. The van der Waals surface area contributed by atoms with Crippen LogP contribution in [-0.2, 0) is 9.53 Å². The van der Waals surface area contributed by atoms with Crippen LogP contribution >= 0.6 is 11.8 Å². The van der Waals surface area contributed by atoms with Crippen LogP contribution in [0.15, 0.2) is 4.99 Å². The van der Waals surface area contributed by atoms with Crippen LogP contribution in [0.2, 0.25) is 0 Å². The Bertz CT molecular complexity index is 425. The molecule has 0 spiro atoms. The number of hydrogen-bond donors (Lipinski definition) is 2. The van der Waals surface area contributed by atoms with Gasteiger partial charge in [-0.2, -0.15) is 11.8 Å². The SMILES string of the molecule is CSC1CCC(NC(=NCC(=O)N(C)C)NCC2CCCCO2)C1. The van der Waals surface area contributed by atoms with Crippen LogP contribution in [-0.4, -0.2) is 74.2 Å². The maximum atomic E-state index is 11.8. The number of nitrogens with one attached hydrogen (secondary N) is 2. The number of carbonyl (C=O) groups is 1. The van der Waals surface area contributed by atoms with Crippen molar-refractivity contribution in [3.05, 3.63) is 0 Å². The fourth-order valence-electron chi connectivity index (χ4n) is 3.10. The second-order valence-electron chi connectivity index (χ2n) is 6.83.